The third-order valence-electron chi connectivity index (χ3n) is 6.56. The van der Waals surface area contributed by atoms with E-state index in [4.69, 9.17) is 13.9 Å². The molecular weight excluding hydrogens is 496 g/mol. The first-order valence-corrected chi connectivity index (χ1v) is 12.9. The second-order valence-electron chi connectivity index (χ2n) is 9.36. The number of rotatable bonds is 12. The monoisotopic (exact) mass is 528 g/mol. The Hall–Kier alpha value is -4.28. The number of hydrogen-bond acceptors (Lipinski definition) is 8. The van der Waals surface area contributed by atoms with Crippen LogP contribution in [0.15, 0.2) is 76.1 Å². The lowest BCUT2D eigenvalue weighted by atomic mass is 10.0. The SMILES string of the molecule is CCOc1ccc(CN(Cc2ccco2)[C@@H](c2cc3ccc(C)cc3[nH]c2=O)c2nnnn2CCOC)cc1. The molecule has 0 aliphatic carbocycles. The van der Waals surface area contributed by atoms with Crippen LogP contribution >= 0.6 is 0 Å². The number of nitrogens with one attached hydrogen (secondary N) is 1. The summed E-state index contributed by atoms with van der Waals surface area (Å²) in [6, 6.07) is 19.1. The number of furan rings is 1. The molecule has 0 radical (unpaired) electrons. The molecule has 3 aromatic heterocycles. The Kier molecular flexibility index (Phi) is 8.14. The smallest absolute Gasteiger partial charge is 0.253 e. The molecule has 3 heterocycles. The van der Waals surface area contributed by atoms with Crippen molar-refractivity contribution in [3.8, 4) is 5.75 Å². The van der Waals surface area contributed by atoms with Gasteiger partial charge in [0.05, 0.1) is 32.6 Å². The summed E-state index contributed by atoms with van der Waals surface area (Å²) in [5.41, 5.74) is 3.23. The van der Waals surface area contributed by atoms with Crippen molar-refractivity contribution >= 4 is 10.9 Å². The van der Waals surface area contributed by atoms with Crippen LogP contribution in [0.1, 0.15) is 41.2 Å². The van der Waals surface area contributed by atoms with Gasteiger partial charge in [0.25, 0.3) is 5.56 Å². The lowest BCUT2D eigenvalue weighted by molar-refractivity contribution is 0.163. The maximum Gasteiger partial charge on any atom is 0.253 e. The number of aromatic nitrogens is 5. The van der Waals surface area contributed by atoms with Gasteiger partial charge in [-0.1, -0.05) is 24.3 Å². The maximum absolute atomic E-state index is 13.7. The van der Waals surface area contributed by atoms with Gasteiger partial charge in [0.1, 0.15) is 17.6 Å². The topological polar surface area (TPSA) is 111 Å². The van der Waals surface area contributed by atoms with Gasteiger partial charge in [-0.05, 0) is 77.2 Å². The number of benzene rings is 2. The normalized spacial score (nSPS) is 12.3. The molecule has 0 saturated carbocycles. The fourth-order valence-electron chi connectivity index (χ4n) is 4.71. The van der Waals surface area contributed by atoms with Gasteiger partial charge in [-0.2, -0.15) is 0 Å². The Labute approximate surface area is 226 Å². The molecule has 0 bridgehead atoms. The predicted molar refractivity (Wildman–Crippen MR) is 146 cm³/mol. The van der Waals surface area contributed by atoms with Crippen LogP contribution in [0.5, 0.6) is 5.75 Å². The summed E-state index contributed by atoms with van der Waals surface area (Å²) in [4.78, 5) is 18.9. The van der Waals surface area contributed by atoms with Crippen molar-refractivity contribution in [1.29, 1.82) is 0 Å². The molecule has 10 nitrogen and oxygen atoms in total. The van der Waals surface area contributed by atoms with Gasteiger partial charge in [-0.25, -0.2) is 4.68 Å². The average Bonchev–Trinajstić information content (AvgIpc) is 3.61. The van der Waals surface area contributed by atoms with Crippen molar-refractivity contribution in [1.82, 2.24) is 30.1 Å². The molecule has 202 valence electrons. The van der Waals surface area contributed by atoms with Gasteiger partial charge < -0.3 is 18.9 Å². The molecule has 39 heavy (non-hydrogen) atoms. The van der Waals surface area contributed by atoms with Crippen molar-refractivity contribution < 1.29 is 13.9 Å². The van der Waals surface area contributed by atoms with Crippen LogP contribution in [-0.4, -0.2) is 50.4 Å². The van der Waals surface area contributed by atoms with Crippen LogP contribution in [0.4, 0.5) is 0 Å². The zero-order chi connectivity index (χ0) is 27.2. The van der Waals surface area contributed by atoms with Crippen molar-refractivity contribution in [2.24, 2.45) is 0 Å². The maximum atomic E-state index is 13.7. The minimum atomic E-state index is -0.581. The fraction of sp³-hybridized carbons (Fsp3) is 0.310. The quantitative estimate of drug-likeness (QED) is 0.256. The first-order valence-electron chi connectivity index (χ1n) is 12.9. The van der Waals surface area contributed by atoms with Crippen molar-refractivity contribution in [3.05, 3.63) is 106 Å². The minimum Gasteiger partial charge on any atom is -0.494 e. The third kappa shape index (κ3) is 6.08. The molecule has 0 spiro atoms. The number of fused-ring (bicyclic) bond motifs is 1. The van der Waals surface area contributed by atoms with Crippen LogP contribution in [-0.2, 0) is 24.4 Å². The molecule has 1 atom stereocenters. The molecule has 10 heteroatoms. The van der Waals surface area contributed by atoms with Crippen LogP contribution in [0.3, 0.4) is 0 Å². The summed E-state index contributed by atoms with van der Waals surface area (Å²) in [6.07, 6.45) is 1.65. The summed E-state index contributed by atoms with van der Waals surface area (Å²) in [6.45, 7) is 6.35. The number of hydrogen-bond donors (Lipinski definition) is 1. The standard InChI is InChI=1S/C29H32N6O4/c1-4-38-23-11-8-21(9-12-23)18-34(19-24-6-5-14-39-24)27(28-31-32-33-35(28)13-15-37-3)25-17-22-10-7-20(2)16-26(22)30-29(25)36/h5-12,14,16-17,27H,4,13,15,18-19H2,1-3H3,(H,30,36)/t27-/m0/s1. The number of nitrogens with zero attached hydrogens (tertiary/aromatic N) is 5. The van der Waals surface area contributed by atoms with E-state index in [1.165, 1.54) is 0 Å². The Morgan fingerprint density at radius 1 is 1.10 bits per heavy atom. The molecule has 0 saturated heterocycles. The van der Waals surface area contributed by atoms with Gasteiger partial charge in [-0.15, -0.1) is 5.10 Å². The van der Waals surface area contributed by atoms with Crippen LogP contribution < -0.4 is 10.3 Å². The summed E-state index contributed by atoms with van der Waals surface area (Å²) >= 11 is 0. The molecule has 2 aromatic carbocycles. The second kappa shape index (κ2) is 12.1. The predicted octanol–water partition coefficient (Wildman–Crippen LogP) is 4.25. The van der Waals surface area contributed by atoms with E-state index in [1.807, 2.05) is 74.5 Å². The Bertz CT molecular complexity index is 1560. The zero-order valence-electron chi connectivity index (χ0n) is 22.3. The lowest BCUT2D eigenvalue weighted by Gasteiger charge is -2.30. The minimum absolute atomic E-state index is 0.199. The highest BCUT2D eigenvalue weighted by atomic mass is 16.5. The van der Waals surface area contributed by atoms with Crippen molar-refractivity contribution in [2.75, 3.05) is 20.3 Å². The van der Waals surface area contributed by atoms with E-state index in [0.29, 0.717) is 44.2 Å². The lowest BCUT2D eigenvalue weighted by Crippen LogP contribution is -2.35. The van der Waals surface area contributed by atoms with Crippen LogP contribution in [0, 0.1) is 6.92 Å². The Morgan fingerprint density at radius 2 is 1.95 bits per heavy atom. The first-order chi connectivity index (χ1) is 19.1. The van der Waals surface area contributed by atoms with E-state index < -0.39 is 6.04 Å². The number of pyridine rings is 1. The molecule has 0 aliphatic rings. The zero-order valence-corrected chi connectivity index (χ0v) is 22.3. The second-order valence-corrected chi connectivity index (χ2v) is 9.36. The third-order valence-corrected chi connectivity index (χ3v) is 6.56. The molecule has 0 aliphatic heterocycles. The highest BCUT2D eigenvalue weighted by molar-refractivity contribution is 5.79. The molecule has 5 aromatic rings. The largest absolute Gasteiger partial charge is 0.494 e. The summed E-state index contributed by atoms with van der Waals surface area (Å²) in [5.74, 6) is 2.11. The van der Waals surface area contributed by atoms with E-state index in [1.54, 1.807) is 18.1 Å². The number of H-pyrrole nitrogens is 1. The van der Waals surface area contributed by atoms with Crippen LogP contribution in [0.25, 0.3) is 10.9 Å². The summed E-state index contributed by atoms with van der Waals surface area (Å²) in [7, 11) is 1.63. The summed E-state index contributed by atoms with van der Waals surface area (Å²) < 4.78 is 18.4. The van der Waals surface area contributed by atoms with E-state index in [0.717, 1.165) is 33.5 Å². The van der Waals surface area contributed by atoms with Gasteiger partial charge in [0, 0.05) is 24.7 Å². The number of methoxy groups -OCH3 is 1. The first kappa shape index (κ1) is 26.3. The van der Waals surface area contributed by atoms with Crippen molar-refractivity contribution in [3.63, 3.8) is 0 Å². The van der Waals surface area contributed by atoms with Crippen LogP contribution in [0.2, 0.25) is 0 Å². The Balaban J connectivity index is 1.64. The molecule has 0 amide bonds. The highest BCUT2D eigenvalue weighted by Gasteiger charge is 2.31. The fourth-order valence-corrected chi connectivity index (χ4v) is 4.71. The molecule has 0 unspecified atom stereocenters. The number of aromatic amines is 1. The van der Waals surface area contributed by atoms with E-state index in [2.05, 4.69) is 25.4 Å². The van der Waals surface area contributed by atoms with Crippen molar-refractivity contribution in [2.45, 2.75) is 39.5 Å². The molecular formula is C29H32N6O4. The van der Waals surface area contributed by atoms with Gasteiger partial charge >= 0.3 is 0 Å². The van der Waals surface area contributed by atoms with Gasteiger partial charge in [-0.3, -0.25) is 9.69 Å². The summed E-state index contributed by atoms with van der Waals surface area (Å²) in [5, 5.41) is 13.5. The number of tetrazole rings is 1. The molecule has 5 rings (SSSR count). The molecule has 1 N–H and O–H groups in total. The van der Waals surface area contributed by atoms with E-state index >= 15 is 0 Å². The average molecular weight is 529 g/mol. The highest BCUT2D eigenvalue weighted by Crippen LogP contribution is 2.30. The number of aryl methyl sites for hydroxylation is 1. The Morgan fingerprint density at radius 3 is 2.69 bits per heavy atom. The molecule has 0 fully saturated rings. The van der Waals surface area contributed by atoms with E-state index in [-0.39, 0.29) is 5.56 Å². The van der Waals surface area contributed by atoms with E-state index in [9.17, 15) is 4.79 Å². The van der Waals surface area contributed by atoms with Gasteiger partial charge in [0.2, 0.25) is 0 Å². The number of ether oxygens (including phenoxy) is 2. The van der Waals surface area contributed by atoms with Gasteiger partial charge in [0.15, 0.2) is 5.82 Å².